The van der Waals surface area contributed by atoms with Gasteiger partial charge in [0, 0.05) is 16.5 Å². The van der Waals surface area contributed by atoms with Crippen molar-refractivity contribution < 1.29 is 0 Å². The summed E-state index contributed by atoms with van der Waals surface area (Å²) >= 11 is 0. The summed E-state index contributed by atoms with van der Waals surface area (Å²) in [4.78, 5) is 0. The number of nitrogens with zero attached hydrogens (tertiary/aromatic N) is 1. The summed E-state index contributed by atoms with van der Waals surface area (Å²) < 4.78 is 2.52. The van der Waals surface area contributed by atoms with Crippen LogP contribution in [-0.2, 0) is 0 Å². The highest BCUT2D eigenvalue weighted by Crippen LogP contribution is 2.43. The molecule has 1 aliphatic rings. The molecule has 0 aliphatic carbocycles. The van der Waals surface area contributed by atoms with E-state index in [1.165, 1.54) is 181 Å². The van der Waals surface area contributed by atoms with Crippen LogP contribution in [0.15, 0.2) is 322 Å². The standard InChI is InChI=1S/C88H59NSi/c1-90(2)87-54-69(72-25-13-17-62-14-3-6-18-71(62)72)42-46-79(87)80-47-45-70(55-88(80)90)89-85-48-43-65(60-30-26-56(27-31-60)58-34-38-63(39-35-58)81-52-67-15-4-7-19-73(67)75-21-9-11-23-77(75)81)50-83(85)84-51-66(44-49-86(84)89)61-32-28-57(29-33-61)59-36-40-64(41-37-59)82-53-68-16-5-8-20-74(68)76-22-10-12-24-78(76)82/h3-55H,1-2H3. The van der Waals surface area contributed by atoms with Gasteiger partial charge in [0.05, 0.1) is 11.0 Å². The molecule has 0 amide bonds. The number of fused-ring (bicyclic) bond motifs is 13. The van der Waals surface area contributed by atoms with E-state index in [1.807, 2.05) is 0 Å². The molecule has 1 nitrogen and oxygen atoms in total. The second kappa shape index (κ2) is 20.5. The first kappa shape index (κ1) is 52.0. The molecule has 0 atom stereocenters. The molecule has 0 fully saturated rings. The average Bonchev–Trinajstić information content (AvgIpc) is 1.57. The lowest BCUT2D eigenvalue weighted by Gasteiger charge is -2.21. The van der Waals surface area contributed by atoms with Gasteiger partial charge in [0.15, 0.2) is 0 Å². The van der Waals surface area contributed by atoms with Gasteiger partial charge in [-0.3, -0.25) is 0 Å². The topological polar surface area (TPSA) is 4.93 Å². The summed E-state index contributed by atoms with van der Waals surface area (Å²) in [7, 11) is -2.15. The fourth-order valence-corrected chi connectivity index (χ4v) is 18.2. The first-order valence-electron chi connectivity index (χ1n) is 31.4. The average molecular weight is 1160 g/mol. The van der Waals surface area contributed by atoms with Crippen LogP contribution in [0.25, 0.3) is 170 Å². The third kappa shape index (κ3) is 8.37. The third-order valence-corrected chi connectivity index (χ3v) is 23.3. The Morgan fingerprint density at radius 1 is 0.200 bits per heavy atom. The molecule has 420 valence electrons. The minimum atomic E-state index is -2.15. The molecular formula is C88H59NSi. The number of aromatic nitrogens is 1. The van der Waals surface area contributed by atoms with Crippen molar-refractivity contribution in [2.45, 2.75) is 13.1 Å². The molecule has 0 radical (unpaired) electrons. The first-order valence-corrected chi connectivity index (χ1v) is 34.4. The van der Waals surface area contributed by atoms with Gasteiger partial charge in [-0.2, -0.15) is 0 Å². The van der Waals surface area contributed by atoms with Gasteiger partial charge in [0.25, 0.3) is 0 Å². The molecule has 1 aliphatic heterocycles. The van der Waals surface area contributed by atoms with Crippen molar-refractivity contribution in [1.82, 2.24) is 4.57 Å². The van der Waals surface area contributed by atoms with Crippen LogP contribution < -0.4 is 10.4 Å². The van der Waals surface area contributed by atoms with Crippen molar-refractivity contribution in [2.24, 2.45) is 0 Å². The van der Waals surface area contributed by atoms with Gasteiger partial charge in [0.1, 0.15) is 8.07 Å². The Morgan fingerprint density at radius 3 is 1.04 bits per heavy atom. The predicted molar refractivity (Wildman–Crippen MR) is 389 cm³/mol. The zero-order valence-corrected chi connectivity index (χ0v) is 51.0. The fourth-order valence-electron chi connectivity index (χ4n) is 15.2. The number of hydrogen-bond acceptors (Lipinski definition) is 0. The van der Waals surface area contributed by atoms with Gasteiger partial charge in [-0.25, -0.2) is 0 Å². The van der Waals surface area contributed by atoms with Gasteiger partial charge >= 0.3 is 0 Å². The van der Waals surface area contributed by atoms with Gasteiger partial charge in [-0.05, 0) is 202 Å². The molecule has 2 heterocycles. The van der Waals surface area contributed by atoms with Crippen LogP contribution in [-0.4, -0.2) is 12.6 Å². The smallest absolute Gasteiger partial charge is 0.113 e. The zero-order valence-electron chi connectivity index (χ0n) is 50.0. The summed E-state index contributed by atoms with van der Waals surface area (Å²) in [6.45, 7) is 5.09. The monoisotopic (exact) mass is 1160 g/mol. The molecule has 0 unspecified atom stereocenters. The summed E-state index contributed by atoms with van der Waals surface area (Å²) in [5.74, 6) is 0. The van der Waals surface area contributed by atoms with E-state index in [0.717, 1.165) is 0 Å². The second-order valence-electron chi connectivity index (χ2n) is 25.1. The molecule has 0 saturated heterocycles. The van der Waals surface area contributed by atoms with Crippen LogP contribution in [0.1, 0.15) is 0 Å². The lowest BCUT2D eigenvalue weighted by Crippen LogP contribution is -2.49. The van der Waals surface area contributed by atoms with Crippen molar-refractivity contribution in [3.63, 3.8) is 0 Å². The normalized spacial score (nSPS) is 12.6. The third-order valence-electron chi connectivity index (χ3n) is 19.8. The summed E-state index contributed by atoms with van der Waals surface area (Å²) in [6.07, 6.45) is 0. The molecule has 0 bridgehead atoms. The number of rotatable bonds is 8. The van der Waals surface area contributed by atoms with Crippen LogP contribution in [0.4, 0.5) is 0 Å². The Labute approximate surface area is 524 Å². The SMILES string of the molecule is C[Si]1(C)c2cc(-c3cccc4ccccc34)ccc2-c2ccc(-n3c4ccc(-c5ccc(-c6ccc(-c7cc8ccccc8c8ccccc78)cc6)cc5)cc4c4cc(-c5ccc(-c6ccc(-c7cc8ccccc8c8ccccc78)cc6)cc5)ccc43)cc21. The minimum absolute atomic E-state index is 1.19. The molecule has 16 aromatic carbocycles. The van der Waals surface area contributed by atoms with Gasteiger partial charge in [-0.15, -0.1) is 0 Å². The Bertz CT molecular complexity index is 5500. The highest BCUT2D eigenvalue weighted by atomic mass is 28.3. The van der Waals surface area contributed by atoms with E-state index in [9.17, 15) is 0 Å². The molecule has 90 heavy (non-hydrogen) atoms. The van der Waals surface area contributed by atoms with Crippen LogP contribution in [0.3, 0.4) is 0 Å². The van der Waals surface area contributed by atoms with E-state index in [1.54, 1.807) is 0 Å². The van der Waals surface area contributed by atoms with Gasteiger partial charge in [-0.1, -0.05) is 286 Å². The molecule has 18 rings (SSSR count). The summed E-state index contributed by atoms with van der Waals surface area (Å²) in [5, 5.41) is 18.3. The van der Waals surface area contributed by atoms with E-state index in [-0.39, 0.29) is 0 Å². The van der Waals surface area contributed by atoms with Gasteiger partial charge in [0.2, 0.25) is 0 Å². The highest BCUT2D eigenvalue weighted by molar-refractivity contribution is 7.04. The highest BCUT2D eigenvalue weighted by Gasteiger charge is 2.38. The fraction of sp³-hybridized carbons (Fsp3) is 0.0227. The van der Waals surface area contributed by atoms with Gasteiger partial charge < -0.3 is 4.57 Å². The molecule has 2 heteroatoms. The van der Waals surface area contributed by atoms with Crippen molar-refractivity contribution >= 4 is 94.1 Å². The lowest BCUT2D eigenvalue weighted by atomic mass is 9.92. The Balaban J connectivity index is 0.702. The minimum Gasteiger partial charge on any atom is -0.309 e. The van der Waals surface area contributed by atoms with Crippen molar-refractivity contribution in [1.29, 1.82) is 0 Å². The number of benzene rings is 16. The maximum Gasteiger partial charge on any atom is 0.113 e. The maximum absolute atomic E-state index is 2.54. The van der Waals surface area contributed by atoms with E-state index in [2.05, 4.69) is 339 Å². The predicted octanol–water partition coefficient (Wildman–Crippen LogP) is 23.0. The molecule has 0 spiro atoms. The zero-order chi connectivity index (χ0) is 59.6. The van der Waals surface area contributed by atoms with Crippen LogP contribution >= 0.6 is 0 Å². The largest absolute Gasteiger partial charge is 0.309 e. The quantitative estimate of drug-likeness (QED) is 0.106. The van der Waals surface area contributed by atoms with E-state index in [4.69, 9.17) is 0 Å². The van der Waals surface area contributed by atoms with E-state index >= 15 is 0 Å². The Kier molecular flexibility index (Phi) is 11.8. The van der Waals surface area contributed by atoms with Crippen LogP contribution in [0.2, 0.25) is 13.1 Å². The lowest BCUT2D eigenvalue weighted by molar-refractivity contribution is 1.18. The first-order chi connectivity index (χ1) is 44.3. The van der Waals surface area contributed by atoms with Crippen molar-refractivity contribution in [3.8, 4) is 94.7 Å². The van der Waals surface area contributed by atoms with Crippen LogP contribution in [0.5, 0.6) is 0 Å². The maximum atomic E-state index is 2.54. The second-order valence-corrected chi connectivity index (χ2v) is 29.5. The molecule has 17 aromatic rings. The van der Waals surface area contributed by atoms with E-state index < -0.39 is 8.07 Å². The molecule has 0 saturated carbocycles. The Morgan fingerprint density at radius 2 is 0.556 bits per heavy atom. The molecule has 0 N–H and O–H groups in total. The molecular weight excluding hydrogens is 1100 g/mol. The van der Waals surface area contributed by atoms with Crippen LogP contribution in [0, 0.1) is 0 Å². The molecule has 1 aromatic heterocycles. The van der Waals surface area contributed by atoms with Crippen molar-refractivity contribution in [3.05, 3.63) is 322 Å². The Hall–Kier alpha value is -11.2. The van der Waals surface area contributed by atoms with Crippen molar-refractivity contribution in [2.75, 3.05) is 0 Å². The van der Waals surface area contributed by atoms with E-state index in [0.29, 0.717) is 0 Å². The summed E-state index contributed by atoms with van der Waals surface area (Å²) in [5.41, 5.74) is 23.5. The number of hydrogen-bond donors (Lipinski definition) is 0. The summed E-state index contributed by atoms with van der Waals surface area (Å²) in [6, 6.07) is 120.